The summed E-state index contributed by atoms with van der Waals surface area (Å²) in [5.74, 6) is 2.47. The molecule has 0 aromatic heterocycles. The minimum atomic E-state index is 0. The van der Waals surface area contributed by atoms with E-state index in [0.29, 0.717) is 0 Å². The fourth-order valence-electron chi connectivity index (χ4n) is 0.361. The van der Waals surface area contributed by atoms with Crippen LogP contribution in [0.4, 0.5) is 0 Å². The van der Waals surface area contributed by atoms with E-state index >= 15 is 0 Å². The van der Waals surface area contributed by atoms with Crippen LogP contribution in [-0.2, 0) is 22.4 Å². The smallest absolute Gasteiger partial charge is 0.0418 e. The first kappa shape index (κ1) is 7.05. The van der Waals surface area contributed by atoms with Crippen LogP contribution in [0.3, 0.4) is 0 Å². The Morgan fingerprint density at radius 3 is 2.50 bits per heavy atom. The molecule has 41 valence electrons. The molecule has 0 aromatic carbocycles. The molecule has 1 rings (SSSR count). The molecule has 0 spiro atoms. The van der Waals surface area contributed by atoms with E-state index in [1.54, 1.807) is 0 Å². The zero-order valence-corrected chi connectivity index (χ0v) is 5.63. The summed E-state index contributed by atoms with van der Waals surface area (Å²) in [6.45, 7) is 1.21. The second kappa shape index (κ2) is 4.22. The fourth-order valence-corrected chi connectivity index (χ4v) is 1.08. The van der Waals surface area contributed by atoms with Gasteiger partial charge in [0.25, 0.3) is 0 Å². The van der Waals surface area contributed by atoms with Crippen LogP contribution >= 0.6 is 11.8 Å². The van der Waals surface area contributed by atoms with Crippen LogP contribution in [0, 0.1) is 0 Å². The van der Waals surface area contributed by atoms with E-state index in [9.17, 15) is 0 Å². The second-order valence-electron chi connectivity index (χ2n) is 1.05. The van der Waals surface area contributed by atoms with E-state index in [4.69, 9.17) is 0 Å². The third-order valence-electron chi connectivity index (χ3n) is 0.627. The fraction of sp³-hybridized carbons (Fsp3) is 1.00. The molecule has 0 unspecified atom stereocenters. The molecule has 0 atom stereocenters. The average Bonchev–Trinajstić information content (AvgIpc) is 1.76. The molecule has 3 heteroatoms. The topological polar surface area (TPSA) is 12.0 Å². The first-order chi connectivity index (χ1) is 2.50. The van der Waals surface area contributed by atoms with Gasteiger partial charge in [-0.25, -0.2) is 0 Å². The van der Waals surface area contributed by atoms with Crippen molar-refractivity contribution in [1.82, 2.24) is 5.32 Å². The third-order valence-corrected chi connectivity index (χ3v) is 1.53. The SMILES string of the molecule is C1CSCN1.[Ag]. The van der Waals surface area contributed by atoms with Gasteiger partial charge < -0.3 is 5.32 Å². The second-order valence-corrected chi connectivity index (χ2v) is 2.16. The molecule has 0 saturated carbocycles. The van der Waals surface area contributed by atoms with Gasteiger partial charge in [-0.1, -0.05) is 0 Å². The maximum atomic E-state index is 3.19. The predicted molar refractivity (Wildman–Crippen MR) is 25.3 cm³/mol. The summed E-state index contributed by atoms with van der Waals surface area (Å²) in [5, 5.41) is 3.19. The van der Waals surface area contributed by atoms with Gasteiger partial charge in [0.15, 0.2) is 0 Å². The van der Waals surface area contributed by atoms with Crippen LogP contribution < -0.4 is 5.32 Å². The molecule has 0 amide bonds. The molecular formula is C3H7AgNS. The third kappa shape index (κ3) is 2.26. The van der Waals surface area contributed by atoms with Crippen LogP contribution in [0.25, 0.3) is 0 Å². The Morgan fingerprint density at radius 2 is 2.33 bits per heavy atom. The Kier molecular flexibility index (Phi) is 4.95. The van der Waals surface area contributed by atoms with E-state index in [0.717, 1.165) is 0 Å². The predicted octanol–water partition coefficient (Wildman–Crippen LogP) is 0.278. The molecule has 6 heavy (non-hydrogen) atoms. The molecule has 1 heterocycles. The van der Waals surface area contributed by atoms with Gasteiger partial charge in [0.2, 0.25) is 0 Å². The molecule has 1 saturated heterocycles. The molecule has 1 aliphatic heterocycles. The van der Waals surface area contributed by atoms with Gasteiger partial charge in [-0.2, -0.15) is 0 Å². The van der Waals surface area contributed by atoms with E-state index in [-0.39, 0.29) is 22.4 Å². The quantitative estimate of drug-likeness (QED) is 0.559. The zero-order valence-electron chi connectivity index (χ0n) is 3.33. The van der Waals surface area contributed by atoms with E-state index in [2.05, 4.69) is 5.32 Å². The van der Waals surface area contributed by atoms with Crippen molar-refractivity contribution in [1.29, 1.82) is 0 Å². The van der Waals surface area contributed by atoms with Gasteiger partial charge in [-0.3, -0.25) is 0 Å². The van der Waals surface area contributed by atoms with Crippen molar-refractivity contribution in [3.05, 3.63) is 0 Å². The maximum Gasteiger partial charge on any atom is 0.0418 e. The van der Waals surface area contributed by atoms with Gasteiger partial charge in [0.05, 0.1) is 0 Å². The minimum absolute atomic E-state index is 0. The standard InChI is InChI=1S/C3H7NS.Ag/c1-2-5-3-4-1;/h4H,1-3H2;. The number of hydrogen-bond donors (Lipinski definition) is 1. The van der Waals surface area contributed by atoms with Gasteiger partial charge >= 0.3 is 0 Å². The summed E-state index contributed by atoms with van der Waals surface area (Å²) < 4.78 is 0. The summed E-state index contributed by atoms with van der Waals surface area (Å²) in [7, 11) is 0. The molecule has 1 nitrogen and oxygen atoms in total. The summed E-state index contributed by atoms with van der Waals surface area (Å²) >= 11 is 1.96. The van der Waals surface area contributed by atoms with Crippen molar-refractivity contribution >= 4 is 11.8 Å². The van der Waals surface area contributed by atoms with E-state index in [1.165, 1.54) is 18.2 Å². The summed E-state index contributed by atoms with van der Waals surface area (Å²) in [4.78, 5) is 0. The van der Waals surface area contributed by atoms with Gasteiger partial charge in [0.1, 0.15) is 0 Å². The molecule has 1 N–H and O–H groups in total. The van der Waals surface area contributed by atoms with Crippen LogP contribution in [0.2, 0.25) is 0 Å². The Hall–Kier alpha value is 1.05. The Balaban J connectivity index is 0.000000250. The van der Waals surface area contributed by atoms with Crippen LogP contribution in [0.5, 0.6) is 0 Å². The molecule has 1 fully saturated rings. The monoisotopic (exact) mass is 196 g/mol. The van der Waals surface area contributed by atoms with Crippen molar-refractivity contribution in [2.75, 3.05) is 18.2 Å². The van der Waals surface area contributed by atoms with Crippen molar-refractivity contribution in [2.45, 2.75) is 0 Å². The van der Waals surface area contributed by atoms with Crippen LogP contribution in [0.1, 0.15) is 0 Å². The summed E-state index contributed by atoms with van der Waals surface area (Å²) in [6, 6.07) is 0. The zero-order chi connectivity index (χ0) is 3.54. The van der Waals surface area contributed by atoms with Crippen molar-refractivity contribution < 1.29 is 22.4 Å². The van der Waals surface area contributed by atoms with Gasteiger partial charge in [0, 0.05) is 40.6 Å². The molecule has 0 aromatic rings. The largest absolute Gasteiger partial charge is 0.307 e. The Bertz CT molecular complexity index is 22.4. The normalized spacial score (nSPS) is 20.0. The van der Waals surface area contributed by atoms with Crippen molar-refractivity contribution in [2.24, 2.45) is 0 Å². The number of hydrogen-bond acceptors (Lipinski definition) is 2. The minimum Gasteiger partial charge on any atom is -0.307 e. The average molecular weight is 197 g/mol. The van der Waals surface area contributed by atoms with Crippen molar-refractivity contribution in [3.8, 4) is 0 Å². The van der Waals surface area contributed by atoms with Gasteiger partial charge in [-0.05, 0) is 0 Å². The molecule has 0 bridgehead atoms. The van der Waals surface area contributed by atoms with Crippen molar-refractivity contribution in [3.63, 3.8) is 0 Å². The van der Waals surface area contributed by atoms with Crippen LogP contribution in [-0.4, -0.2) is 18.2 Å². The number of rotatable bonds is 0. The summed E-state index contributed by atoms with van der Waals surface area (Å²) in [6.07, 6.45) is 0. The first-order valence-electron chi connectivity index (χ1n) is 1.78. The first-order valence-corrected chi connectivity index (χ1v) is 2.94. The molecular weight excluding hydrogens is 190 g/mol. The Morgan fingerprint density at radius 1 is 1.50 bits per heavy atom. The number of thioether (sulfide) groups is 1. The van der Waals surface area contributed by atoms with E-state index < -0.39 is 0 Å². The molecule has 0 aliphatic carbocycles. The molecule has 1 aliphatic rings. The number of nitrogens with one attached hydrogen (secondary N) is 1. The molecule has 1 radical (unpaired) electrons. The van der Waals surface area contributed by atoms with E-state index in [1.807, 2.05) is 11.8 Å². The summed E-state index contributed by atoms with van der Waals surface area (Å²) in [5.41, 5.74) is 0. The van der Waals surface area contributed by atoms with Crippen LogP contribution in [0.15, 0.2) is 0 Å². The maximum absolute atomic E-state index is 3.19. The van der Waals surface area contributed by atoms with Gasteiger partial charge in [-0.15, -0.1) is 11.8 Å². The Labute approximate surface area is 57.8 Å².